The Morgan fingerprint density at radius 2 is 1.90 bits per heavy atom. The van der Waals surface area contributed by atoms with Gasteiger partial charge in [0.25, 0.3) is 5.69 Å². The van der Waals surface area contributed by atoms with Crippen LogP contribution in [0.1, 0.15) is 18.3 Å². The van der Waals surface area contributed by atoms with E-state index in [0.717, 1.165) is 62.0 Å². The van der Waals surface area contributed by atoms with Gasteiger partial charge in [0.05, 0.1) is 35.8 Å². The normalized spacial score (nSPS) is 14.8. The summed E-state index contributed by atoms with van der Waals surface area (Å²) in [4.78, 5) is 17.9. The summed E-state index contributed by atoms with van der Waals surface area (Å²) >= 11 is 0. The number of nitro benzene ring substituents is 1. The third kappa shape index (κ3) is 4.60. The Balaban J connectivity index is 1.62. The molecular weight excluding hydrogens is 384 g/mol. The first-order valence-corrected chi connectivity index (χ1v) is 10.3. The summed E-state index contributed by atoms with van der Waals surface area (Å²) < 4.78 is 13.1. The Kier molecular flexibility index (Phi) is 6.25. The van der Waals surface area contributed by atoms with Gasteiger partial charge in [-0.25, -0.2) is 4.98 Å². The van der Waals surface area contributed by atoms with Crippen LogP contribution in [0.25, 0.3) is 11.0 Å². The summed E-state index contributed by atoms with van der Waals surface area (Å²) in [7, 11) is 0. The second kappa shape index (κ2) is 9.23. The van der Waals surface area contributed by atoms with Crippen molar-refractivity contribution in [2.75, 3.05) is 39.5 Å². The molecule has 8 nitrogen and oxygen atoms in total. The summed E-state index contributed by atoms with van der Waals surface area (Å²) in [5, 5.41) is 11.2. The molecule has 30 heavy (non-hydrogen) atoms. The number of nitrogens with zero attached hydrogens (tertiary/aromatic N) is 4. The van der Waals surface area contributed by atoms with Crippen LogP contribution in [0.2, 0.25) is 0 Å². The largest absolute Gasteiger partial charge is 0.494 e. The molecule has 8 heteroatoms. The molecule has 0 aliphatic carbocycles. The van der Waals surface area contributed by atoms with Crippen LogP contribution in [-0.4, -0.2) is 58.8 Å². The minimum absolute atomic E-state index is 0.0629. The average molecular weight is 410 g/mol. The zero-order valence-corrected chi connectivity index (χ0v) is 17.1. The van der Waals surface area contributed by atoms with Gasteiger partial charge in [0, 0.05) is 44.7 Å². The Morgan fingerprint density at radius 1 is 1.13 bits per heavy atom. The van der Waals surface area contributed by atoms with E-state index in [1.165, 1.54) is 0 Å². The summed E-state index contributed by atoms with van der Waals surface area (Å²) in [6, 6.07) is 12.9. The summed E-state index contributed by atoms with van der Waals surface area (Å²) in [6.45, 7) is 7.63. The molecule has 0 N–H and O–H groups in total. The van der Waals surface area contributed by atoms with Crippen molar-refractivity contribution in [2.24, 2.45) is 0 Å². The Labute approximate surface area is 175 Å². The van der Waals surface area contributed by atoms with E-state index in [-0.39, 0.29) is 10.6 Å². The van der Waals surface area contributed by atoms with Crippen LogP contribution in [0.15, 0.2) is 42.5 Å². The number of fused-ring (bicyclic) bond motifs is 1. The molecule has 0 unspecified atom stereocenters. The molecule has 158 valence electrons. The van der Waals surface area contributed by atoms with E-state index in [9.17, 15) is 10.1 Å². The van der Waals surface area contributed by atoms with Crippen LogP contribution in [0.5, 0.6) is 5.75 Å². The molecule has 1 aliphatic heterocycles. The number of aromatic nitrogens is 2. The molecular formula is C22H26N4O4. The van der Waals surface area contributed by atoms with E-state index >= 15 is 0 Å². The highest BCUT2D eigenvalue weighted by molar-refractivity contribution is 5.78. The lowest BCUT2D eigenvalue weighted by Crippen LogP contribution is -2.38. The zero-order valence-electron chi connectivity index (χ0n) is 17.1. The maximum Gasteiger partial charge on any atom is 0.271 e. The van der Waals surface area contributed by atoms with Crippen molar-refractivity contribution in [1.82, 2.24) is 14.5 Å². The fourth-order valence-electron chi connectivity index (χ4n) is 3.79. The number of ether oxygens (including phenoxy) is 2. The van der Waals surface area contributed by atoms with E-state index in [1.807, 2.05) is 37.3 Å². The van der Waals surface area contributed by atoms with Crippen LogP contribution in [0.3, 0.4) is 0 Å². The first-order valence-electron chi connectivity index (χ1n) is 10.3. The molecule has 0 atom stereocenters. The van der Waals surface area contributed by atoms with Gasteiger partial charge in [0.1, 0.15) is 11.6 Å². The standard InChI is InChI=1S/C22H26N4O4/c1-2-30-19-6-3-17(4-7-19)15-22-23-20-16-18(26(27)28)5-8-21(20)25(22)10-9-24-11-13-29-14-12-24/h3-8,16H,2,9-15H2,1H3. The van der Waals surface area contributed by atoms with Crippen molar-refractivity contribution in [3.63, 3.8) is 0 Å². The van der Waals surface area contributed by atoms with Gasteiger partial charge in [0.2, 0.25) is 0 Å². The fourth-order valence-corrected chi connectivity index (χ4v) is 3.79. The quantitative estimate of drug-likeness (QED) is 0.419. The molecule has 0 saturated carbocycles. The van der Waals surface area contributed by atoms with Gasteiger partial charge in [-0.05, 0) is 30.7 Å². The smallest absolute Gasteiger partial charge is 0.271 e. The van der Waals surface area contributed by atoms with Gasteiger partial charge in [-0.1, -0.05) is 12.1 Å². The lowest BCUT2D eigenvalue weighted by atomic mass is 10.1. The van der Waals surface area contributed by atoms with Crippen molar-refractivity contribution in [3.05, 3.63) is 64.0 Å². The number of non-ortho nitro benzene ring substituents is 1. The number of imidazole rings is 1. The molecule has 1 aromatic heterocycles. The van der Waals surface area contributed by atoms with E-state index in [1.54, 1.807) is 12.1 Å². The van der Waals surface area contributed by atoms with E-state index in [2.05, 4.69) is 9.47 Å². The van der Waals surface area contributed by atoms with Gasteiger partial charge < -0.3 is 14.0 Å². The third-order valence-corrected chi connectivity index (χ3v) is 5.36. The number of hydrogen-bond acceptors (Lipinski definition) is 6. The molecule has 2 heterocycles. The number of rotatable bonds is 8. The molecule has 0 spiro atoms. The predicted octanol–water partition coefficient (Wildman–Crippen LogP) is 3.27. The summed E-state index contributed by atoms with van der Waals surface area (Å²) in [5.74, 6) is 1.75. The van der Waals surface area contributed by atoms with Gasteiger partial charge in [-0.15, -0.1) is 0 Å². The monoisotopic (exact) mass is 410 g/mol. The lowest BCUT2D eigenvalue weighted by molar-refractivity contribution is -0.384. The van der Waals surface area contributed by atoms with Crippen LogP contribution >= 0.6 is 0 Å². The average Bonchev–Trinajstić information content (AvgIpc) is 3.10. The van der Waals surface area contributed by atoms with Gasteiger partial charge >= 0.3 is 0 Å². The molecule has 1 aliphatic rings. The van der Waals surface area contributed by atoms with Gasteiger partial charge in [-0.2, -0.15) is 0 Å². The molecule has 0 amide bonds. The lowest BCUT2D eigenvalue weighted by Gasteiger charge is -2.27. The topological polar surface area (TPSA) is 82.7 Å². The molecule has 0 radical (unpaired) electrons. The number of hydrogen-bond donors (Lipinski definition) is 0. The maximum atomic E-state index is 11.2. The molecule has 1 saturated heterocycles. The molecule has 1 fully saturated rings. The van der Waals surface area contributed by atoms with Crippen molar-refractivity contribution < 1.29 is 14.4 Å². The third-order valence-electron chi connectivity index (χ3n) is 5.36. The van der Waals surface area contributed by atoms with Crippen molar-refractivity contribution in [3.8, 4) is 5.75 Å². The number of nitro groups is 1. The van der Waals surface area contributed by atoms with Crippen LogP contribution < -0.4 is 4.74 Å². The van der Waals surface area contributed by atoms with Crippen LogP contribution in [0.4, 0.5) is 5.69 Å². The molecule has 0 bridgehead atoms. The minimum atomic E-state index is -0.377. The zero-order chi connectivity index (χ0) is 20.9. The highest BCUT2D eigenvalue weighted by atomic mass is 16.6. The fraction of sp³-hybridized carbons (Fsp3) is 0.409. The predicted molar refractivity (Wildman–Crippen MR) is 114 cm³/mol. The molecule has 4 rings (SSSR count). The van der Waals surface area contributed by atoms with E-state index < -0.39 is 0 Å². The Bertz CT molecular complexity index is 1010. The van der Waals surface area contributed by atoms with Crippen LogP contribution in [0, 0.1) is 10.1 Å². The van der Waals surface area contributed by atoms with Crippen molar-refractivity contribution >= 4 is 16.7 Å². The maximum absolute atomic E-state index is 11.2. The number of benzene rings is 2. The Hall–Kier alpha value is -2.97. The highest BCUT2D eigenvalue weighted by Crippen LogP contribution is 2.24. The van der Waals surface area contributed by atoms with Gasteiger partial charge in [-0.3, -0.25) is 15.0 Å². The van der Waals surface area contributed by atoms with Gasteiger partial charge in [0.15, 0.2) is 0 Å². The highest BCUT2D eigenvalue weighted by Gasteiger charge is 2.17. The minimum Gasteiger partial charge on any atom is -0.494 e. The van der Waals surface area contributed by atoms with E-state index in [4.69, 9.17) is 14.5 Å². The second-order valence-electron chi connectivity index (χ2n) is 7.32. The summed E-state index contributed by atoms with van der Waals surface area (Å²) in [6.07, 6.45) is 0.651. The van der Waals surface area contributed by atoms with Crippen molar-refractivity contribution in [1.29, 1.82) is 0 Å². The first-order chi connectivity index (χ1) is 14.6. The van der Waals surface area contributed by atoms with E-state index in [0.29, 0.717) is 18.5 Å². The first kappa shape index (κ1) is 20.3. The summed E-state index contributed by atoms with van der Waals surface area (Å²) in [5.41, 5.74) is 2.77. The van der Waals surface area contributed by atoms with Crippen LogP contribution in [-0.2, 0) is 17.7 Å². The molecule has 3 aromatic rings. The molecule has 2 aromatic carbocycles. The Morgan fingerprint density at radius 3 is 2.60 bits per heavy atom. The SMILES string of the molecule is CCOc1ccc(Cc2nc3cc([N+](=O)[O-])ccc3n2CCN2CCOCC2)cc1. The number of morpholine rings is 1. The van der Waals surface area contributed by atoms with Crippen molar-refractivity contribution in [2.45, 2.75) is 19.9 Å². The second-order valence-corrected chi connectivity index (χ2v) is 7.32.